The van der Waals surface area contributed by atoms with Gasteiger partial charge in [0.25, 0.3) is 0 Å². The maximum atomic E-state index is 12.7. The third-order valence-electron chi connectivity index (χ3n) is 3.01. The molecule has 2 heterocycles. The van der Waals surface area contributed by atoms with Crippen LogP contribution in [0.1, 0.15) is 33.6 Å². The molecule has 0 aliphatic carbocycles. The summed E-state index contributed by atoms with van der Waals surface area (Å²) in [6, 6.07) is 0.0286. The SMILES string of the molecule is CC(C)(C)OC(=O)N1CCCC1COc1ncc(F)cn1. The molecule has 0 aromatic carbocycles. The molecule has 1 aliphatic rings. The van der Waals surface area contributed by atoms with E-state index in [1.807, 2.05) is 20.8 Å². The molecule has 1 atom stereocenters. The molecule has 0 bridgehead atoms. The summed E-state index contributed by atoms with van der Waals surface area (Å²) in [6.45, 7) is 6.41. The second kappa shape index (κ2) is 6.24. The number of ether oxygens (including phenoxy) is 2. The maximum Gasteiger partial charge on any atom is 0.410 e. The van der Waals surface area contributed by atoms with Crippen LogP contribution in [-0.4, -0.2) is 45.8 Å². The lowest BCUT2D eigenvalue weighted by Crippen LogP contribution is -2.42. The molecule has 6 nitrogen and oxygen atoms in total. The van der Waals surface area contributed by atoms with E-state index in [0.29, 0.717) is 6.54 Å². The van der Waals surface area contributed by atoms with Gasteiger partial charge >= 0.3 is 12.1 Å². The number of carbonyl (C=O) groups is 1. The number of nitrogens with zero attached hydrogens (tertiary/aromatic N) is 3. The van der Waals surface area contributed by atoms with Crippen molar-refractivity contribution in [1.82, 2.24) is 14.9 Å². The first-order valence-corrected chi connectivity index (χ1v) is 6.95. The van der Waals surface area contributed by atoms with Gasteiger partial charge in [-0.3, -0.25) is 0 Å². The van der Waals surface area contributed by atoms with E-state index >= 15 is 0 Å². The first-order valence-electron chi connectivity index (χ1n) is 6.95. The van der Waals surface area contributed by atoms with Gasteiger partial charge in [0.2, 0.25) is 0 Å². The lowest BCUT2D eigenvalue weighted by molar-refractivity contribution is 0.0184. The van der Waals surface area contributed by atoms with E-state index in [-0.39, 0.29) is 24.8 Å². The van der Waals surface area contributed by atoms with Crippen LogP contribution in [0.2, 0.25) is 0 Å². The lowest BCUT2D eigenvalue weighted by atomic mass is 10.2. The van der Waals surface area contributed by atoms with Crippen LogP contribution >= 0.6 is 0 Å². The zero-order valence-electron chi connectivity index (χ0n) is 12.5. The van der Waals surface area contributed by atoms with E-state index in [4.69, 9.17) is 9.47 Å². The summed E-state index contributed by atoms with van der Waals surface area (Å²) in [7, 11) is 0. The van der Waals surface area contributed by atoms with Crippen molar-refractivity contribution in [3.63, 3.8) is 0 Å². The largest absolute Gasteiger partial charge is 0.461 e. The van der Waals surface area contributed by atoms with Crippen molar-refractivity contribution in [3.8, 4) is 6.01 Å². The zero-order valence-corrected chi connectivity index (χ0v) is 12.5. The Balaban J connectivity index is 1.90. The molecule has 1 aromatic heterocycles. The number of likely N-dealkylation sites (tertiary alicyclic amines) is 1. The van der Waals surface area contributed by atoms with Crippen molar-refractivity contribution in [2.75, 3.05) is 13.2 Å². The number of halogens is 1. The van der Waals surface area contributed by atoms with Crippen LogP contribution in [0.25, 0.3) is 0 Å². The monoisotopic (exact) mass is 297 g/mol. The van der Waals surface area contributed by atoms with E-state index in [1.54, 1.807) is 4.90 Å². The summed E-state index contributed by atoms with van der Waals surface area (Å²) in [4.78, 5) is 21.2. The molecule has 0 radical (unpaired) electrons. The molecule has 0 N–H and O–H groups in total. The van der Waals surface area contributed by atoms with Gasteiger partial charge in [-0.25, -0.2) is 19.2 Å². The molecule has 1 amide bonds. The number of hydrogen-bond acceptors (Lipinski definition) is 5. The van der Waals surface area contributed by atoms with E-state index in [1.165, 1.54) is 0 Å². The Morgan fingerprint density at radius 3 is 2.71 bits per heavy atom. The van der Waals surface area contributed by atoms with Crippen LogP contribution in [0.15, 0.2) is 12.4 Å². The zero-order chi connectivity index (χ0) is 15.5. The molecule has 0 spiro atoms. The number of hydrogen-bond donors (Lipinski definition) is 0. The predicted molar refractivity (Wildman–Crippen MR) is 73.4 cm³/mol. The van der Waals surface area contributed by atoms with Gasteiger partial charge < -0.3 is 14.4 Å². The van der Waals surface area contributed by atoms with Crippen molar-refractivity contribution in [2.45, 2.75) is 45.3 Å². The Morgan fingerprint density at radius 2 is 2.10 bits per heavy atom. The first kappa shape index (κ1) is 15.5. The topological polar surface area (TPSA) is 64.5 Å². The fourth-order valence-corrected chi connectivity index (χ4v) is 2.12. The lowest BCUT2D eigenvalue weighted by Gasteiger charge is -2.28. The molecule has 1 saturated heterocycles. The maximum absolute atomic E-state index is 12.7. The van der Waals surface area contributed by atoms with Gasteiger partial charge in [-0.2, -0.15) is 0 Å². The van der Waals surface area contributed by atoms with Crippen LogP contribution in [0.4, 0.5) is 9.18 Å². The highest BCUT2D eigenvalue weighted by atomic mass is 19.1. The van der Waals surface area contributed by atoms with E-state index in [2.05, 4.69) is 9.97 Å². The Morgan fingerprint density at radius 1 is 1.43 bits per heavy atom. The summed E-state index contributed by atoms with van der Waals surface area (Å²) in [5, 5.41) is 0. The molecular formula is C14H20FN3O3. The fourth-order valence-electron chi connectivity index (χ4n) is 2.12. The highest BCUT2D eigenvalue weighted by Gasteiger charge is 2.32. The van der Waals surface area contributed by atoms with Gasteiger partial charge in [0.05, 0.1) is 18.4 Å². The number of amides is 1. The van der Waals surface area contributed by atoms with Gasteiger partial charge in [-0.05, 0) is 33.6 Å². The van der Waals surface area contributed by atoms with Crippen LogP contribution < -0.4 is 4.74 Å². The Bertz CT molecular complexity index is 487. The smallest absolute Gasteiger partial charge is 0.410 e. The number of carbonyl (C=O) groups excluding carboxylic acids is 1. The molecule has 21 heavy (non-hydrogen) atoms. The molecule has 1 aliphatic heterocycles. The summed E-state index contributed by atoms with van der Waals surface area (Å²) in [6.07, 6.45) is 3.48. The normalized spacial score (nSPS) is 18.7. The third kappa shape index (κ3) is 4.54. The quantitative estimate of drug-likeness (QED) is 0.857. The third-order valence-corrected chi connectivity index (χ3v) is 3.01. The molecular weight excluding hydrogens is 277 g/mol. The molecule has 116 valence electrons. The van der Waals surface area contributed by atoms with Gasteiger partial charge in [-0.15, -0.1) is 0 Å². The molecule has 1 unspecified atom stereocenters. The number of aromatic nitrogens is 2. The van der Waals surface area contributed by atoms with Crippen molar-refractivity contribution in [2.24, 2.45) is 0 Å². The summed E-state index contributed by atoms with van der Waals surface area (Å²) >= 11 is 0. The van der Waals surface area contributed by atoms with Gasteiger partial charge in [0.1, 0.15) is 12.2 Å². The second-order valence-electron chi connectivity index (χ2n) is 5.96. The van der Waals surface area contributed by atoms with E-state index in [0.717, 1.165) is 25.2 Å². The van der Waals surface area contributed by atoms with Crippen LogP contribution in [-0.2, 0) is 4.74 Å². The molecule has 7 heteroatoms. The van der Waals surface area contributed by atoms with E-state index in [9.17, 15) is 9.18 Å². The van der Waals surface area contributed by atoms with Gasteiger partial charge in [0, 0.05) is 6.54 Å². The predicted octanol–water partition coefficient (Wildman–Crippen LogP) is 2.39. The average Bonchev–Trinajstić information content (AvgIpc) is 2.84. The highest BCUT2D eigenvalue weighted by Crippen LogP contribution is 2.21. The minimum absolute atomic E-state index is 0.0755. The minimum atomic E-state index is -0.523. The summed E-state index contributed by atoms with van der Waals surface area (Å²) in [5.74, 6) is -0.515. The highest BCUT2D eigenvalue weighted by molar-refractivity contribution is 5.68. The first-order chi connectivity index (χ1) is 9.85. The fraction of sp³-hybridized carbons (Fsp3) is 0.643. The van der Waals surface area contributed by atoms with Crippen LogP contribution in [0.3, 0.4) is 0 Å². The van der Waals surface area contributed by atoms with Crippen molar-refractivity contribution < 1.29 is 18.7 Å². The second-order valence-corrected chi connectivity index (χ2v) is 5.96. The summed E-state index contributed by atoms with van der Waals surface area (Å²) in [5.41, 5.74) is -0.523. The van der Waals surface area contributed by atoms with Crippen molar-refractivity contribution in [3.05, 3.63) is 18.2 Å². The van der Waals surface area contributed by atoms with Gasteiger partial charge in [0.15, 0.2) is 5.82 Å². The Kier molecular flexibility index (Phi) is 4.59. The van der Waals surface area contributed by atoms with Crippen molar-refractivity contribution in [1.29, 1.82) is 0 Å². The molecule has 2 rings (SSSR count). The summed E-state index contributed by atoms with van der Waals surface area (Å²) < 4.78 is 23.5. The molecule has 0 saturated carbocycles. The number of rotatable bonds is 3. The molecule has 1 aromatic rings. The Hall–Kier alpha value is -1.92. The van der Waals surface area contributed by atoms with Crippen molar-refractivity contribution >= 4 is 6.09 Å². The van der Waals surface area contributed by atoms with Crippen LogP contribution in [0.5, 0.6) is 6.01 Å². The standard InChI is InChI=1S/C14H20FN3O3/c1-14(2,3)21-13(19)18-6-4-5-11(18)9-20-12-16-7-10(15)8-17-12/h7-8,11H,4-6,9H2,1-3H3. The Labute approximate surface area is 123 Å². The van der Waals surface area contributed by atoms with Gasteiger partial charge in [-0.1, -0.05) is 0 Å². The van der Waals surface area contributed by atoms with Crippen LogP contribution in [0, 0.1) is 5.82 Å². The minimum Gasteiger partial charge on any atom is -0.461 e. The molecule has 1 fully saturated rings. The van der Waals surface area contributed by atoms with E-state index < -0.39 is 11.4 Å². The average molecular weight is 297 g/mol.